The van der Waals surface area contributed by atoms with Gasteiger partial charge in [-0.25, -0.2) is 9.59 Å². The number of benzene rings is 1. The van der Waals surface area contributed by atoms with Crippen LogP contribution in [-0.4, -0.2) is 11.8 Å². The molecule has 6 heteroatoms. The Kier molecular flexibility index (Phi) is 4.81. The molecule has 3 rings (SSSR count). The topological polar surface area (TPSA) is 73.6 Å². The maximum Gasteiger partial charge on any atom is 0.348 e. The van der Waals surface area contributed by atoms with Gasteiger partial charge < -0.3 is 9.15 Å². The molecule has 25 heavy (non-hydrogen) atoms. The fourth-order valence-electron chi connectivity index (χ4n) is 2.46. The molecular formula is C19H16O5S. The largest absolute Gasteiger partial charge is 0.457 e. The van der Waals surface area contributed by atoms with Crippen molar-refractivity contribution in [3.05, 3.63) is 67.7 Å². The molecule has 2 heterocycles. The molecule has 0 saturated heterocycles. The van der Waals surface area contributed by atoms with Crippen molar-refractivity contribution in [3.63, 3.8) is 0 Å². The van der Waals surface area contributed by atoms with Crippen molar-refractivity contribution < 1.29 is 18.7 Å². The molecular weight excluding hydrogens is 340 g/mol. The Hall–Kier alpha value is -2.73. The zero-order chi connectivity index (χ0) is 18.0. The molecule has 0 aliphatic heterocycles. The lowest BCUT2D eigenvalue weighted by molar-refractivity contribution is 0.0479. The first-order chi connectivity index (χ1) is 12.0. The Morgan fingerprint density at radius 3 is 2.56 bits per heavy atom. The summed E-state index contributed by atoms with van der Waals surface area (Å²) in [6.45, 7) is 3.42. The molecule has 2 aromatic heterocycles. The first-order valence-corrected chi connectivity index (χ1v) is 8.63. The molecule has 0 bridgehead atoms. The van der Waals surface area contributed by atoms with Gasteiger partial charge in [-0.3, -0.25) is 4.79 Å². The van der Waals surface area contributed by atoms with Crippen LogP contribution in [0.5, 0.6) is 0 Å². The quantitative estimate of drug-likeness (QED) is 0.393. The molecule has 0 N–H and O–H groups in total. The van der Waals surface area contributed by atoms with Gasteiger partial charge in [-0.2, -0.15) is 0 Å². The molecule has 0 atom stereocenters. The Bertz CT molecular complexity index is 1010. The molecule has 0 aliphatic carbocycles. The fraction of sp³-hybridized carbons (Fsp3) is 0.211. The van der Waals surface area contributed by atoms with Crippen LogP contribution in [-0.2, 0) is 17.8 Å². The second-order valence-electron chi connectivity index (χ2n) is 5.57. The average molecular weight is 356 g/mol. The highest BCUT2D eigenvalue weighted by Crippen LogP contribution is 2.22. The first kappa shape index (κ1) is 17.1. The smallest absolute Gasteiger partial charge is 0.348 e. The number of ether oxygens (including phenoxy) is 1. The number of hydrogen-bond acceptors (Lipinski definition) is 6. The van der Waals surface area contributed by atoms with E-state index in [-0.39, 0.29) is 12.4 Å². The summed E-state index contributed by atoms with van der Waals surface area (Å²) in [5.74, 6) is -0.619. The van der Waals surface area contributed by atoms with E-state index >= 15 is 0 Å². The van der Waals surface area contributed by atoms with Crippen molar-refractivity contribution in [1.29, 1.82) is 0 Å². The van der Waals surface area contributed by atoms with E-state index in [1.165, 1.54) is 13.0 Å². The summed E-state index contributed by atoms with van der Waals surface area (Å²) in [5, 5.41) is 0.736. The van der Waals surface area contributed by atoms with Crippen LogP contribution in [0.1, 0.15) is 44.3 Å². The van der Waals surface area contributed by atoms with E-state index in [1.807, 2.05) is 25.1 Å². The minimum absolute atomic E-state index is 0.0420. The molecule has 5 nitrogen and oxygen atoms in total. The highest BCUT2D eigenvalue weighted by molar-refractivity contribution is 7.15. The third-order valence-corrected chi connectivity index (χ3v) is 4.98. The summed E-state index contributed by atoms with van der Waals surface area (Å²) < 4.78 is 10.5. The SMILES string of the molecule is CCc1ccc2c(COC(=O)c3ccc(C(C)=O)s3)cc(=O)oc2c1. The molecule has 128 valence electrons. The lowest BCUT2D eigenvalue weighted by Gasteiger charge is -2.07. The lowest BCUT2D eigenvalue weighted by Crippen LogP contribution is -2.07. The van der Waals surface area contributed by atoms with Crippen molar-refractivity contribution in [1.82, 2.24) is 0 Å². The summed E-state index contributed by atoms with van der Waals surface area (Å²) in [5.41, 5.74) is 1.64. The molecule has 0 saturated carbocycles. The average Bonchev–Trinajstić information content (AvgIpc) is 3.09. The van der Waals surface area contributed by atoms with Crippen LogP contribution in [0.15, 0.2) is 45.6 Å². The van der Waals surface area contributed by atoms with E-state index in [9.17, 15) is 14.4 Å². The predicted octanol–water partition coefficient (Wildman–Crippen LogP) is 3.98. The lowest BCUT2D eigenvalue weighted by atomic mass is 10.1. The van der Waals surface area contributed by atoms with Gasteiger partial charge in [0, 0.05) is 17.0 Å². The number of ketones is 1. The van der Waals surface area contributed by atoms with Crippen molar-refractivity contribution in [3.8, 4) is 0 Å². The molecule has 0 radical (unpaired) electrons. The van der Waals surface area contributed by atoms with Gasteiger partial charge in [0.25, 0.3) is 0 Å². The fourth-order valence-corrected chi connectivity index (χ4v) is 3.26. The standard InChI is InChI=1S/C19H16O5S/c1-3-12-4-5-14-13(9-18(21)24-15(14)8-12)10-23-19(22)17-7-6-16(25-17)11(2)20/h4-9H,3,10H2,1-2H3. The number of carbonyl (C=O) groups is 2. The molecule has 0 amide bonds. The van der Waals surface area contributed by atoms with Crippen molar-refractivity contribution in [2.75, 3.05) is 0 Å². The van der Waals surface area contributed by atoms with Gasteiger partial charge in [-0.05, 0) is 37.1 Å². The number of aryl methyl sites for hydroxylation is 1. The minimum Gasteiger partial charge on any atom is -0.457 e. The molecule has 0 fully saturated rings. The maximum atomic E-state index is 12.2. The van der Waals surface area contributed by atoms with Gasteiger partial charge >= 0.3 is 11.6 Å². The Morgan fingerprint density at radius 1 is 1.12 bits per heavy atom. The third-order valence-electron chi connectivity index (χ3n) is 3.82. The monoisotopic (exact) mass is 356 g/mol. The number of Topliss-reactive ketones (excluding diaryl/α,β-unsaturated/α-hetero) is 1. The van der Waals surface area contributed by atoms with E-state index in [1.54, 1.807) is 12.1 Å². The molecule has 3 aromatic rings. The van der Waals surface area contributed by atoms with Crippen LogP contribution >= 0.6 is 11.3 Å². The third kappa shape index (κ3) is 3.69. The number of thiophene rings is 1. The number of esters is 1. The van der Waals surface area contributed by atoms with Gasteiger partial charge in [0.2, 0.25) is 0 Å². The van der Waals surface area contributed by atoms with Gasteiger partial charge in [-0.1, -0.05) is 19.1 Å². The van der Waals surface area contributed by atoms with Crippen molar-refractivity contribution in [2.24, 2.45) is 0 Å². The molecule has 0 aliphatic rings. The first-order valence-electron chi connectivity index (χ1n) is 7.81. The predicted molar refractivity (Wildman–Crippen MR) is 95.3 cm³/mol. The normalized spacial score (nSPS) is 10.8. The van der Waals surface area contributed by atoms with E-state index < -0.39 is 11.6 Å². The number of rotatable bonds is 5. The number of fused-ring (bicyclic) bond motifs is 1. The number of hydrogen-bond donors (Lipinski definition) is 0. The van der Waals surface area contributed by atoms with Crippen LogP contribution in [0, 0.1) is 0 Å². The van der Waals surface area contributed by atoms with Gasteiger partial charge in [0.1, 0.15) is 17.1 Å². The van der Waals surface area contributed by atoms with E-state index in [0.29, 0.717) is 20.9 Å². The second-order valence-corrected chi connectivity index (χ2v) is 6.65. The van der Waals surface area contributed by atoms with Crippen LogP contribution in [0.3, 0.4) is 0 Å². The van der Waals surface area contributed by atoms with E-state index in [0.717, 1.165) is 28.7 Å². The van der Waals surface area contributed by atoms with Crippen molar-refractivity contribution >= 4 is 34.1 Å². The summed E-state index contributed by atoms with van der Waals surface area (Å²) in [6.07, 6.45) is 0.829. The summed E-state index contributed by atoms with van der Waals surface area (Å²) in [6, 6.07) is 10.1. The highest BCUT2D eigenvalue weighted by Gasteiger charge is 2.14. The van der Waals surface area contributed by atoms with Crippen molar-refractivity contribution in [2.45, 2.75) is 26.9 Å². The minimum atomic E-state index is -0.524. The van der Waals surface area contributed by atoms with Gasteiger partial charge in [-0.15, -0.1) is 11.3 Å². The molecule has 1 aromatic carbocycles. The summed E-state index contributed by atoms with van der Waals surface area (Å²) in [4.78, 5) is 36.1. The van der Waals surface area contributed by atoms with Crippen LogP contribution in [0.2, 0.25) is 0 Å². The highest BCUT2D eigenvalue weighted by atomic mass is 32.1. The maximum absolute atomic E-state index is 12.2. The second kappa shape index (κ2) is 7.03. The zero-order valence-corrected chi connectivity index (χ0v) is 14.6. The van der Waals surface area contributed by atoms with Crippen LogP contribution in [0.4, 0.5) is 0 Å². The molecule has 0 spiro atoms. The van der Waals surface area contributed by atoms with Gasteiger partial charge in [0.15, 0.2) is 5.78 Å². The Labute approximate surface area is 147 Å². The van der Waals surface area contributed by atoms with E-state index in [4.69, 9.17) is 9.15 Å². The zero-order valence-electron chi connectivity index (χ0n) is 13.8. The Balaban J connectivity index is 1.83. The Morgan fingerprint density at radius 2 is 1.88 bits per heavy atom. The summed E-state index contributed by atoms with van der Waals surface area (Å²) in [7, 11) is 0. The number of carbonyl (C=O) groups excluding carboxylic acids is 2. The molecule has 0 unspecified atom stereocenters. The summed E-state index contributed by atoms with van der Waals surface area (Å²) >= 11 is 1.09. The van der Waals surface area contributed by atoms with Crippen LogP contribution in [0.25, 0.3) is 11.0 Å². The van der Waals surface area contributed by atoms with E-state index in [2.05, 4.69) is 0 Å². The van der Waals surface area contributed by atoms with Gasteiger partial charge in [0.05, 0.1) is 4.88 Å². The van der Waals surface area contributed by atoms with Crippen LogP contribution < -0.4 is 5.63 Å².